The van der Waals surface area contributed by atoms with E-state index in [1.165, 1.54) is 0 Å². The minimum Gasteiger partial charge on any atom is -0.358 e. The molecular weight excluding hydrogens is 128 g/mol. The van der Waals surface area contributed by atoms with Crippen LogP contribution in [-0.2, 0) is 4.79 Å². The summed E-state index contributed by atoms with van der Waals surface area (Å²) in [6.07, 6.45) is 0.777. The Morgan fingerprint density at radius 3 is 3.00 bits per heavy atom. The second kappa shape index (κ2) is 2.84. The zero-order valence-electron chi connectivity index (χ0n) is 6.11. The molecule has 2 N–H and O–H groups in total. The molecule has 3 heteroatoms. The van der Waals surface area contributed by atoms with Gasteiger partial charge in [0.2, 0.25) is 5.91 Å². The Labute approximate surface area is 60.5 Å². The van der Waals surface area contributed by atoms with Crippen molar-refractivity contribution < 1.29 is 4.79 Å². The van der Waals surface area contributed by atoms with Crippen LogP contribution in [0, 0.1) is 0 Å². The molecule has 0 aromatic carbocycles. The highest BCUT2D eigenvalue weighted by molar-refractivity contribution is 5.82. The van der Waals surface area contributed by atoms with Crippen LogP contribution in [0.15, 0.2) is 12.2 Å². The fraction of sp³-hybridized carbons (Fsp3) is 0.571. The largest absolute Gasteiger partial charge is 0.358 e. The van der Waals surface area contributed by atoms with Gasteiger partial charge >= 0.3 is 0 Å². The van der Waals surface area contributed by atoms with E-state index in [1.807, 2.05) is 0 Å². The molecule has 0 bridgehead atoms. The number of carbonyl (C=O) groups is 1. The Kier molecular flexibility index (Phi) is 2.06. The number of likely N-dealkylation sites (N-methyl/N-ethyl adjacent to an activating group) is 1. The third-order valence-corrected chi connectivity index (χ3v) is 1.65. The number of rotatable bonds is 1. The van der Waals surface area contributed by atoms with Crippen molar-refractivity contribution in [3.8, 4) is 0 Å². The van der Waals surface area contributed by atoms with Gasteiger partial charge in [0.05, 0.1) is 6.04 Å². The van der Waals surface area contributed by atoms with Gasteiger partial charge in [0.1, 0.15) is 0 Å². The summed E-state index contributed by atoms with van der Waals surface area (Å²) in [5.74, 6) is 0.0543. The van der Waals surface area contributed by atoms with E-state index in [1.54, 1.807) is 7.05 Å². The maximum absolute atomic E-state index is 10.9. The minimum absolute atomic E-state index is 0.0440. The zero-order chi connectivity index (χ0) is 7.56. The second-order valence-corrected chi connectivity index (χ2v) is 2.50. The van der Waals surface area contributed by atoms with E-state index in [4.69, 9.17) is 0 Å². The van der Waals surface area contributed by atoms with Gasteiger partial charge in [-0.05, 0) is 6.42 Å². The number of hydrogen-bond donors (Lipinski definition) is 2. The summed E-state index contributed by atoms with van der Waals surface area (Å²) in [6.45, 7) is 4.55. The second-order valence-electron chi connectivity index (χ2n) is 2.50. The lowest BCUT2D eigenvalue weighted by atomic mass is 10.2. The van der Waals surface area contributed by atoms with Crippen molar-refractivity contribution in [2.75, 3.05) is 13.6 Å². The van der Waals surface area contributed by atoms with Gasteiger partial charge in [-0.15, -0.1) is 0 Å². The summed E-state index contributed by atoms with van der Waals surface area (Å²) >= 11 is 0. The molecule has 1 amide bonds. The average Bonchev–Trinajstić information content (AvgIpc) is 2.34. The first-order chi connectivity index (χ1) is 4.74. The number of nitrogens with one attached hydrogen (secondary N) is 2. The standard InChI is InChI=1S/C7H12N2O/c1-5-3-6(9-4-5)7(10)8-2/h6,9H,1,3-4H2,2H3,(H,8,10). The van der Waals surface area contributed by atoms with Crippen molar-refractivity contribution in [2.45, 2.75) is 12.5 Å². The van der Waals surface area contributed by atoms with Crippen molar-refractivity contribution in [3.05, 3.63) is 12.2 Å². The third-order valence-electron chi connectivity index (χ3n) is 1.65. The Bertz CT molecular complexity index is 165. The first-order valence-corrected chi connectivity index (χ1v) is 3.35. The lowest BCUT2D eigenvalue weighted by Crippen LogP contribution is -2.38. The van der Waals surface area contributed by atoms with Crippen molar-refractivity contribution >= 4 is 5.91 Å². The maximum Gasteiger partial charge on any atom is 0.237 e. The van der Waals surface area contributed by atoms with E-state index < -0.39 is 0 Å². The molecule has 0 spiro atoms. The normalized spacial score (nSPS) is 24.9. The molecule has 1 aliphatic rings. The van der Waals surface area contributed by atoms with Crippen molar-refractivity contribution in [2.24, 2.45) is 0 Å². The van der Waals surface area contributed by atoms with Crippen LogP contribution in [0.4, 0.5) is 0 Å². The van der Waals surface area contributed by atoms with Crippen molar-refractivity contribution in [1.29, 1.82) is 0 Å². The molecule has 1 unspecified atom stereocenters. The van der Waals surface area contributed by atoms with Gasteiger partial charge in [0.15, 0.2) is 0 Å². The first kappa shape index (κ1) is 7.28. The highest BCUT2D eigenvalue weighted by Gasteiger charge is 2.22. The van der Waals surface area contributed by atoms with E-state index in [0.717, 1.165) is 18.5 Å². The van der Waals surface area contributed by atoms with Crippen LogP contribution in [0.2, 0.25) is 0 Å². The number of carbonyl (C=O) groups excluding carboxylic acids is 1. The van der Waals surface area contributed by atoms with Crippen molar-refractivity contribution in [3.63, 3.8) is 0 Å². The monoisotopic (exact) mass is 140 g/mol. The molecule has 1 saturated heterocycles. The smallest absolute Gasteiger partial charge is 0.237 e. The van der Waals surface area contributed by atoms with Gasteiger partial charge < -0.3 is 10.6 Å². The predicted molar refractivity (Wildman–Crippen MR) is 39.6 cm³/mol. The van der Waals surface area contributed by atoms with E-state index in [9.17, 15) is 4.79 Å². The molecule has 1 rings (SSSR count). The lowest BCUT2D eigenvalue weighted by Gasteiger charge is -2.05. The quantitative estimate of drug-likeness (QED) is 0.489. The van der Waals surface area contributed by atoms with Crippen LogP contribution in [-0.4, -0.2) is 25.5 Å². The van der Waals surface area contributed by atoms with Crippen LogP contribution >= 0.6 is 0 Å². The van der Waals surface area contributed by atoms with Crippen LogP contribution in [0.25, 0.3) is 0 Å². The van der Waals surface area contributed by atoms with Crippen LogP contribution in [0.5, 0.6) is 0 Å². The minimum atomic E-state index is -0.0440. The summed E-state index contributed by atoms with van der Waals surface area (Å²) in [4.78, 5) is 10.9. The fourth-order valence-electron chi connectivity index (χ4n) is 1.06. The van der Waals surface area contributed by atoms with Gasteiger partial charge in [-0.3, -0.25) is 4.79 Å². The fourth-order valence-corrected chi connectivity index (χ4v) is 1.06. The molecule has 1 atom stereocenters. The van der Waals surface area contributed by atoms with Crippen LogP contribution < -0.4 is 10.6 Å². The van der Waals surface area contributed by atoms with Gasteiger partial charge in [0, 0.05) is 13.6 Å². The Morgan fingerprint density at radius 1 is 1.90 bits per heavy atom. The first-order valence-electron chi connectivity index (χ1n) is 3.35. The Morgan fingerprint density at radius 2 is 2.60 bits per heavy atom. The Balaban J connectivity index is 2.44. The highest BCUT2D eigenvalue weighted by Crippen LogP contribution is 2.09. The highest BCUT2D eigenvalue weighted by atomic mass is 16.2. The summed E-state index contributed by atoms with van der Waals surface area (Å²) in [5.41, 5.74) is 1.11. The van der Waals surface area contributed by atoms with Crippen LogP contribution in [0.3, 0.4) is 0 Å². The molecule has 0 aromatic rings. The molecule has 0 aliphatic carbocycles. The van der Waals surface area contributed by atoms with E-state index >= 15 is 0 Å². The molecule has 1 heterocycles. The van der Waals surface area contributed by atoms with Gasteiger partial charge in [-0.25, -0.2) is 0 Å². The van der Waals surface area contributed by atoms with E-state index in [2.05, 4.69) is 17.2 Å². The summed E-state index contributed by atoms with van der Waals surface area (Å²) in [6, 6.07) is -0.0440. The van der Waals surface area contributed by atoms with Gasteiger partial charge in [0.25, 0.3) is 0 Å². The summed E-state index contributed by atoms with van der Waals surface area (Å²) in [5, 5.41) is 5.63. The van der Waals surface area contributed by atoms with Gasteiger partial charge in [-0.1, -0.05) is 12.2 Å². The SMILES string of the molecule is C=C1CNC(C(=O)NC)C1. The molecule has 0 aromatic heterocycles. The molecule has 0 saturated carbocycles. The van der Waals surface area contributed by atoms with E-state index in [0.29, 0.717) is 0 Å². The van der Waals surface area contributed by atoms with Crippen LogP contribution in [0.1, 0.15) is 6.42 Å². The third kappa shape index (κ3) is 1.36. The molecule has 56 valence electrons. The van der Waals surface area contributed by atoms with E-state index in [-0.39, 0.29) is 11.9 Å². The topological polar surface area (TPSA) is 41.1 Å². The Hall–Kier alpha value is -0.830. The molecule has 1 aliphatic heterocycles. The maximum atomic E-state index is 10.9. The number of amides is 1. The average molecular weight is 140 g/mol. The molecule has 10 heavy (non-hydrogen) atoms. The summed E-state index contributed by atoms with van der Waals surface area (Å²) < 4.78 is 0. The molecule has 3 nitrogen and oxygen atoms in total. The zero-order valence-corrected chi connectivity index (χ0v) is 6.11. The van der Waals surface area contributed by atoms with Crippen molar-refractivity contribution in [1.82, 2.24) is 10.6 Å². The summed E-state index contributed by atoms with van der Waals surface area (Å²) in [7, 11) is 1.64. The number of hydrogen-bond acceptors (Lipinski definition) is 2. The molecule has 1 fully saturated rings. The lowest BCUT2D eigenvalue weighted by molar-refractivity contribution is -0.122. The molecule has 0 radical (unpaired) electrons. The van der Waals surface area contributed by atoms with Gasteiger partial charge in [-0.2, -0.15) is 0 Å². The molecular formula is C7H12N2O. The predicted octanol–water partition coefficient (Wildman–Crippen LogP) is -0.350.